The van der Waals surface area contributed by atoms with E-state index in [-0.39, 0.29) is 6.03 Å². The molecule has 21 heavy (non-hydrogen) atoms. The van der Waals surface area contributed by atoms with Gasteiger partial charge in [0.05, 0.1) is 10.7 Å². The highest BCUT2D eigenvalue weighted by Crippen LogP contribution is 2.27. The third-order valence-corrected chi connectivity index (χ3v) is 3.54. The van der Waals surface area contributed by atoms with Gasteiger partial charge in [-0.25, -0.2) is 4.79 Å². The molecule has 2 N–H and O–H groups in total. The summed E-state index contributed by atoms with van der Waals surface area (Å²) in [6.07, 6.45) is 0. The van der Waals surface area contributed by atoms with Crippen molar-refractivity contribution in [3.63, 3.8) is 0 Å². The minimum Gasteiger partial charge on any atom is -0.334 e. The van der Waals surface area contributed by atoms with Crippen LogP contribution in [0.1, 0.15) is 22.3 Å². The molecule has 0 aliphatic heterocycles. The van der Waals surface area contributed by atoms with E-state index in [0.29, 0.717) is 17.3 Å². The number of benzene rings is 2. The van der Waals surface area contributed by atoms with Gasteiger partial charge in [0.2, 0.25) is 0 Å². The van der Waals surface area contributed by atoms with E-state index in [9.17, 15) is 4.79 Å². The first kappa shape index (κ1) is 15.4. The van der Waals surface area contributed by atoms with Crippen LogP contribution in [0.4, 0.5) is 10.5 Å². The SMILES string of the molecule is Cc1ccc(CNC(=O)Nc2c(C)cc(C)cc2Cl)cc1. The molecule has 0 saturated carbocycles. The largest absolute Gasteiger partial charge is 0.334 e. The summed E-state index contributed by atoms with van der Waals surface area (Å²) in [5, 5.41) is 6.19. The maximum Gasteiger partial charge on any atom is 0.319 e. The van der Waals surface area contributed by atoms with Crippen molar-refractivity contribution in [2.75, 3.05) is 5.32 Å². The van der Waals surface area contributed by atoms with Gasteiger partial charge in [-0.15, -0.1) is 0 Å². The standard InChI is InChI=1S/C17H19ClN2O/c1-11-4-6-14(7-5-11)10-19-17(21)20-16-13(3)8-12(2)9-15(16)18/h4-9H,10H2,1-3H3,(H2,19,20,21). The van der Waals surface area contributed by atoms with Gasteiger partial charge >= 0.3 is 6.03 Å². The molecule has 4 heteroatoms. The monoisotopic (exact) mass is 302 g/mol. The Morgan fingerprint density at radius 2 is 1.71 bits per heavy atom. The highest BCUT2D eigenvalue weighted by molar-refractivity contribution is 6.34. The third kappa shape index (κ3) is 4.23. The molecule has 0 spiro atoms. The number of rotatable bonds is 3. The van der Waals surface area contributed by atoms with Crippen LogP contribution in [0.5, 0.6) is 0 Å². The van der Waals surface area contributed by atoms with Crippen molar-refractivity contribution in [2.45, 2.75) is 27.3 Å². The Labute approximate surface area is 130 Å². The Morgan fingerprint density at radius 1 is 1.05 bits per heavy atom. The van der Waals surface area contributed by atoms with Crippen molar-refractivity contribution in [2.24, 2.45) is 0 Å². The predicted molar refractivity (Wildman–Crippen MR) is 88.0 cm³/mol. The number of nitrogens with one attached hydrogen (secondary N) is 2. The molecule has 2 aromatic carbocycles. The first-order valence-corrected chi connectivity index (χ1v) is 7.20. The van der Waals surface area contributed by atoms with Gasteiger partial charge in [-0.2, -0.15) is 0 Å². The molecule has 0 radical (unpaired) electrons. The molecule has 0 unspecified atom stereocenters. The first-order valence-electron chi connectivity index (χ1n) is 6.83. The van der Waals surface area contributed by atoms with E-state index >= 15 is 0 Å². The minimum absolute atomic E-state index is 0.260. The topological polar surface area (TPSA) is 41.1 Å². The van der Waals surface area contributed by atoms with Gasteiger partial charge < -0.3 is 10.6 Å². The fourth-order valence-electron chi connectivity index (χ4n) is 2.12. The van der Waals surface area contributed by atoms with E-state index in [4.69, 9.17) is 11.6 Å². The smallest absolute Gasteiger partial charge is 0.319 e. The molecular formula is C17H19ClN2O. The number of anilines is 1. The summed E-state index contributed by atoms with van der Waals surface area (Å²) in [6, 6.07) is 11.6. The van der Waals surface area contributed by atoms with Crippen LogP contribution in [0.3, 0.4) is 0 Å². The third-order valence-electron chi connectivity index (χ3n) is 3.24. The maximum absolute atomic E-state index is 12.0. The normalized spacial score (nSPS) is 10.3. The summed E-state index contributed by atoms with van der Waals surface area (Å²) in [7, 11) is 0. The molecule has 2 amide bonds. The van der Waals surface area contributed by atoms with Crippen LogP contribution in [0.25, 0.3) is 0 Å². The zero-order chi connectivity index (χ0) is 15.4. The van der Waals surface area contributed by atoms with Crippen LogP contribution in [0.2, 0.25) is 5.02 Å². The summed E-state index contributed by atoms with van der Waals surface area (Å²) in [6.45, 7) is 6.41. The maximum atomic E-state index is 12.0. The lowest BCUT2D eigenvalue weighted by molar-refractivity contribution is 0.251. The molecular weight excluding hydrogens is 284 g/mol. The molecule has 0 atom stereocenters. The quantitative estimate of drug-likeness (QED) is 0.855. The lowest BCUT2D eigenvalue weighted by Crippen LogP contribution is -2.28. The zero-order valence-corrected chi connectivity index (χ0v) is 13.2. The van der Waals surface area contributed by atoms with Crippen molar-refractivity contribution in [1.82, 2.24) is 5.32 Å². The molecule has 0 aromatic heterocycles. The lowest BCUT2D eigenvalue weighted by Gasteiger charge is -2.12. The second-order valence-electron chi connectivity index (χ2n) is 5.23. The van der Waals surface area contributed by atoms with Gasteiger partial charge in [-0.05, 0) is 43.5 Å². The number of hydrogen-bond acceptors (Lipinski definition) is 1. The molecule has 0 bridgehead atoms. The number of amides is 2. The van der Waals surface area contributed by atoms with E-state index in [1.54, 1.807) is 0 Å². The Bertz CT molecular complexity index is 627. The fraction of sp³-hybridized carbons (Fsp3) is 0.235. The van der Waals surface area contributed by atoms with E-state index in [2.05, 4.69) is 10.6 Å². The molecule has 2 rings (SSSR count). The summed E-state index contributed by atoms with van der Waals surface area (Å²) in [4.78, 5) is 12.0. The van der Waals surface area contributed by atoms with E-state index in [0.717, 1.165) is 16.7 Å². The summed E-state index contributed by atoms with van der Waals surface area (Å²) in [5.74, 6) is 0. The Hall–Kier alpha value is -2.00. The van der Waals surface area contributed by atoms with Gasteiger partial charge in [0.1, 0.15) is 0 Å². The van der Waals surface area contributed by atoms with Crippen LogP contribution in [-0.2, 0) is 6.54 Å². The molecule has 0 aliphatic carbocycles. The second-order valence-corrected chi connectivity index (χ2v) is 5.64. The molecule has 0 aliphatic rings. The van der Waals surface area contributed by atoms with Gasteiger partial charge in [-0.1, -0.05) is 47.5 Å². The van der Waals surface area contributed by atoms with Gasteiger partial charge in [0, 0.05) is 6.54 Å². The second kappa shape index (κ2) is 6.64. The first-order chi connectivity index (χ1) is 9.95. The number of aryl methyl sites for hydroxylation is 3. The molecule has 2 aromatic rings. The highest BCUT2D eigenvalue weighted by Gasteiger charge is 2.09. The number of carbonyl (C=O) groups is 1. The van der Waals surface area contributed by atoms with Crippen LogP contribution in [0.15, 0.2) is 36.4 Å². The highest BCUT2D eigenvalue weighted by atomic mass is 35.5. The average Bonchev–Trinajstić information content (AvgIpc) is 2.42. The van der Waals surface area contributed by atoms with Crippen LogP contribution >= 0.6 is 11.6 Å². The number of urea groups is 1. The summed E-state index contributed by atoms with van der Waals surface area (Å²) in [5.41, 5.74) is 4.94. The van der Waals surface area contributed by atoms with Gasteiger partial charge in [0.15, 0.2) is 0 Å². The molecule has 0 saturated heterocycles. The van der Waals surface area contributed by atoms with E-state index < -0.39 is 0 Å². The number of hydrogen-bond donors (Lipinski definition) is 2. The van der Waals surface area contributed by atoms with Crippen molar-refractivity contribution in [1.29, 1.82) is 0 Å². The Kier molecular flexibility index (Phi) is 4.86. The van der Waals surface area contributed by atoms with Crippen molar-refractivity contribution >= 4 is 23.3 Å². The van der Waals surface area contributed by atoms with Crippen LogP contribution < -0.4 is 10.6 Å². The average molecular weight is 303 g/mol. The van der Waals surface area contributed by atoms with Crippen molar-refractivity contribution in [3.8, 4) is 0 Å². The fourth-order valence-corrected chi connectivity index (χ4v) is 2.49. The summed E-state index contributed by atoms with van der Waals surface area (Å²) >= 11 is 6.17. The van der Waals surface area contributed by atoms with E-state index in [1.165, 1.54) is 5.56 Å². The Morgan fingerprint density at radius 3 is 2.33 bits per heavy atom. The lowest BCUT2D eigenvalue weighted by atomic mass is 10.1. The Balaban J connectivity index is 1.97. The van der Waals surface area contributed by atoms with Crippen molar-refractivity contribution < 1.29 is 4.79 Å². The van der Waals surface area contributed by atoms with Crippen molar-refractivity contribution in [3.05, 3.63) is 63.7 Å². The number of halogens is 1. The number of carbonyl (C=O) groups excluding carboxylic acids is 1. The molecule has 3 nitrogen and oxygen atoms in total. The van der Waals surface area contributed by atoms with Gasteiger partial charge in [-0.3, -0.25) is 0 Å². The molecule has 0 fully saturated rings. The van der Waals surface area contributed by atoms with Crippen LogP contribution in [0, 0.1) is 20.8 Å². The predicted octanol–water partition coefficient (Wildman–Crippen LogP) is 4.59. The van der Waals surface area contributed by atoms with Crippen LogP contribution in [-0.4, -0.2) is 6.03 Å². The molecule has 0 heterocycles. The molecule has 110 valence electrons. The summed E-state index contributed by atoms with van der Waals surface area (Å²) < 4.78 is 0. The zero-order valence-electron chi connectivity index (χ0n) is 12.5. The van der Waals surface area contributed by atoms with Gasteiger partial charge in [0.25, 0.3) is 0 Å². The minimum atomic E-state index is -0.260. The van der Waals surface area contributed by atoms with E-state index in [1.807, 2.05) is 57.2 Å².